The summed E-state index contributed by atoms with van der Waals surface area (Å²) in [6.45, 7) is 16.3. The van der Waals surface area contributed by atoms with Crippen LogP contribution in [0.2, 0.25) is 0 Å². The maximum atomic E-state index is 2.59. The summed E-state index contributed by atoms with van der Waals surface area (Å²) in [6, 6.07) is 44.1. The third kappa shape index (κ3) is 3.80. The number of nitrogens with zero attached hydrogens (tertiary/aromatic N) is 3. The minimum Gasteiger partial charge on any atom is -0.311 e. The molecule has 0 unspecified atom stereocenters. The van der Waals surface area contributed by atoms with Gasteiger partial charge in [-0.05, 0) is 99.4 Å². The van der Waals surface area contributed by atoms with Gasteiger partial charge in [-0.2, -0.15) is 0 Å². The summed E-state index contributed by atoms with van der Waals surface area (Å²) in [5.74, 6) is 0. The molecule has 0 saturated carbocycles. The van der Waals surface area contributed by atoms with Crippen molar-refractivity contribution in [3.63, 3.8) is 0 Å². The van der Waals surface area contributed by atoms with Crippen LogP contribution in [0.15, 0.2) is 115 Å². The zero-order valence-electron chi connectivity index (χ0n) is 29.4. The van der Waals surface area contributed by atoms with E-state index in [1.54, 1.807) is 0 Å². The highest BCUT2D eigenvalue weighted by Gasteiger charge is 2.46. The molecule has 10 rings (SSSR count). The van der Waals surface area contributed by atoms with Gasteiger partial charge in [0.15, 0.2) is 0 Å². The molecule has 4 heterocycles. The van der Waals surface area contributed by atoms with Gasteiger partial charge in [0.05, 0.1) is 28.1 Å². The molecule has 3 aliphatic heterocycles. The van der Waals surface area contributed by atoms with Gasteiger partial charge in [-0.3, -0.25) is 0 Å². The van der Waals surface area contributed by atoms with Gasteiger partial charge in [-0.25, -0.2) is 0 Å². The molecule has 0 bridgehead atoms. The van der Waals surface area contributed by atoms with E-state index >= 15 is 0 Å². The highest BCUT2D eigenvalue weighted by atomic mass is 15.2. The second-order valence-corrected chi connectivity index (χ2v) is 16.4. The van der Waals surface area contributed by atoms with E-state index in [1.165, 1.54) is 94.7 Å². The predicted molar refractivity (Wildman–Crippen MR) is 210 cm³/mol. The van der Waals surface area contributed by atoms with E-state index in [-0.39, 0.29) is 17.5 Å². The molecule has 6 aromatic carbocycles. The number of para-hydroxylation sites is 3. The number of hydrogen-bond acceptors (Lipinski definition) is 2. The fourth-order valence-corrected chi connectivity index (χ4v) is 8.88. The molecule has 3 aliphatic rings. The lowest BCUT2D eigenvalue weighted by Gasteiger charge is -2.46. The molecule has 3 nitrogen and oxygen atoms in total. The zero-order valence-corrected chi connectivity index (χ0v) is 29.4. The van der Waals surface area contributed by atoms with Gasteiger partial charge in [-0.1, -0.05) is 108 Å². The van der Waals surface area contributed by atoms with Crippen LogP contribution in [0, 0.1) is 6.92 Å². The van der Waals surface area contributed by atoms with Crippen LogP contribution in [0.4, 0.5) is 34.1 Å². The number of aryl methyl sites for hydroxylation is 1. The maximum absolute atomic E-state index is 2.59. The number of benzene rings is 6. The summed E-state index contributed by atoms with van der Waals surface area (Å²) < 4.78 is 2.52. The highest BCUT2D eigenvalue weighted by molar-refractivity contribution is 7.00. The Morgan fingerprint density at radius 1 is 0.510 bits per heavy atom. The predicted octanol–water partition coefficient (Wildman–Crippen LogP) is 10.1. The topological polar surface area (TPSA) is 11.4 Å². The highest BCUT2D eigenvalue weighted by Crippen LogP contribution is 2.52. The fourth-order valence-electron chi connectivity index (χ4n) is 8.88. The molecule has 0 N–H and O–H groups in total. The zero-order chi connectivity index (χ0) is 33.6. The van der Waals surface area contributed by atoms with Crippen molar-refractivity contribution >= 4 is 79.0 Å². The van der Waals surface area contributed by atoms with Gasteiger partial charge in [0.2, 0.25) is 0 Å². The van der Waals surface area contributed by atoms with E-state index in [1.807, 2.05) is 0 Å². The lowest BCUT2D eigenvalue weighted by atomic mass is 9.33. The van der Waals surface area contributed by atoms with E-state index in [4.69, 9.17) is 0 Å². The van der Waals surface area contributed by atoms with Crippen LogP contribution in [0.1, 0.15) is 58.2 Å². The standard InChI is InChI=1S/C45H40BN3/c1-27-23-39-41-40(24-27)49-36-19-11-16-32-31-15-8-9-18-35(31)48(42(32)36)37-20-12-17-34(43(37)49)46(41)33-22-21-29(45(5,6)7)26-38(33)47(39)30-14-10-13-28(25-30)44(2,3)4/h8-26H,1-7H3. The number of aromatic nitrogens is 1. The van der Waals surface area contributed by atoms with E-state index in [0.29, 0.717) is 0 Å². The molecule has 0 radical (unpaired) electrons. The van der Waals surface area contributed by atoms with Crippen LogP contribution < -0.4 is 26.2 Å². The monoisotopic (exact) mass is 633 g/mol. The van der Waals surface area contributed by atoms with E-state index < -0.39 is 0 Å². The molecule has 0 saturated heterocycles. The Hall–Kier alpha value is -5.22. The van der Waals surface area contributed by atoms with Crippen molar-refractivity contribution in [3.8, 4) is 5.69 Å². The Labute approximate surface area is 289 Å². The van der Waals surface area contributed by atoms with Crippen LogP contribution in [0.3, 0.4) is 0 Å². The summed E-state index contributed by atoms with van der Waals surface area (Å²) in [5, 5.41) is 2.60. The Morgan fingerprint density at radius 3 is 1.98 bits per heavy atom. The van der Waals surface area contributed by atoms with Gasteiger partial charge in [-0.15, -0.1) is 0 Å². The number of hydrogen-bond donors (Lipinski definition) is 0. The van der Waals surface area contributed by atoms with E-state index in [0.717, 1.165) is 0 Å². The molecule has 49 heavy (non-hydrogen) atoms. The molecular formula is C45H40BN3. The van der Waals surface area contributed by atoms with Crippen molar-refractivity contribution in [2.45, 2.75) is 59.3 Å². The summed E-state index contributed by atoms with van der Waals surface area (Å²) in [4.78, 5) is 5.16. The summed E-state index contributed by atoms with van der Waals surface area (Å²) >= 11 is 0. The first-order chi connectivity index (χ1) is 23.5. The van der Waals surface area contributed by atoms with Gasteiger partial charge in [0.1, 0.15) is 0 Å². The lowest BCUT2D eigenvalue weighted by molar-refractivity contribution is 0.590. The van der Waals surface area contributed by atoms with Crippen molar-refractivity contribution < 1.29 is 0 Å². The third-order valence-electron chi connectivity index (χ3n) is 11.2. The Kier molecular flexibility index (Phi) is 5.56. The van der Waals surface area contributed by atoms with Crippen molar-refractivity contribution in [1.82, 2.24) is 4.57 Å². The molecule has 0 amide bonds. The average molecular weight is 634 g/mol. The Morgan fingerprint density at radius 2 is 1.18 bits per heavy atom. The fraction of sp³-hybridized carbons (Fsp3) is 0.200. The number of fused-ring (bicyclic) bond motifs is 9. The SMILES string of the molecule is Cc1cc2c3c(c1)N1c4c(cccc4-n4c5ccccc5c5cccc1c54)B3c1ccc(C(C)(C)C)cc1N2c1cccc(C(C)(C)C)c1. The molecular weight excluding hydrogens is 593 g/mol. The molecule has 0 atom stereocenters. The van der Waals surface area contributed by atoms with Gasteiger partial charge in [0, 0.05) is 33.5 Å². The summed E-state index contributed by atoms with van der Waals surface area (Å²) in [7, 11) is 0. The molecule has 0 aliphatic carbocycles. The first kappa shape index (κ1) is 28.8. The Balaban J connectivity index is 1.34. The van der Waals surface area contributed by atoms with Crippen molar-refractivity contribution in [1.29, 1.82) is 0 Å². The smallest absolute Gasteiger partial charge is 0.252 e. The molecule has 7 aromatic rings. The second-order valence-electron chi connectivity index (χ2n) is 16.4. The first-order valence-electron chi connectivity index (χ1n) is 17.7. The molecule has 1 aromatic heterocycles. The number of rotatable bonds is 1. The van der Waals surface area contributed by atoms with Crippen molar-refractivity contribution in [2.24, 2.45) is 0 Å². The van der Waals surface area contributed by atoms with Crippen LogP contribution >= 0.6 is 0 Å². The second kappa shape index (κ2) is 9.48. The Bertz CT molecular complexity index is 2560. The minimum absolute atomic E-state index is 0.0197. The number of anilines is 6. The third-order valence-corrected chi connectivity index (χ3v) is 11.2. The summed E-state index contributed by atoms with van der Waals surface area (Å²) in [6.07, 6.45) is 0. The first-order valence-corrected chi connectivity index (χ1v) is 17.7. The average Bonchev–Trinajstić information content (AvgIpc) is 3.42. The molecule has 0 spiro atoms. The van der Waals surface area contributed by atoms with Crippen LogP contribution in [0.25, 0.3) is 27.5 Å². The van der Waals surface area contributed by atoms with Crippen LogP contribution in [-0.2, 0) is 10.8 Å². The molecule has 0 fully saturated rings. The van der Waals surface area contributed by atoms with Gasteiger partial charge < -0.3 is 14.4 Å². The van der Waals surface area contributed by atoms with E-state index in [9.17, 15) is 0 Å². The van der Waals surface area contributed by atoms with Gasteiger partial charge >= 0.3 is 0 Å². The van der Waals surface area contributed by atoms with Crippen LogP contribution in [-0.4, -0.2) is 11.3 Å². The van der Waals surface area contributed by atoms with E-state index in [2.05, 4.69) is 178 Å². The quantitative estimate of drug-likeness (QED) is 0.167. The van der Waals surface area contributed by atoms with Gasteiger partial charge in [0.25, 0.3) is 6.71 Å². The molecule has 4 heteroatoms. The summed E-state index contributed by atoms with van der Waals surface area (Å²) in [5.41, 5.74) is 19.5. The maximum Gasteiger partial charge on any atom is 0.252 e. The van der Waals surface area contributed by atoms with Crippen LogP contribution in [0.5, 0.6) is 0 Å². The van der Waals surface area contributed by atoms with Crippen molar-refractivity contribution in [2.75, 3.05) is 9.80 Å². The lowest BCUT2D eigenvalue weighted by Crippen LogP contribution is -2.62. The minimum atomic E-state index is 0.0197. The largest absolute Gasteiger partial charge is 0.311 e. The molecule has 238 valence electrons. The normalized spacial score (nSPS) is 14.3. The van der Waals surface area contributed by atoms with Crippen molar-refractivity contribution in [3.05, 3.63) is 132 Å².